The van der Waals surface area contributed by atoms with Crippen LogP contribution in [0.3, 0.4) is 0 Å². The first kappa shape index (κ1) is 9.97. The van der Waals surface area contributed by atoms with Crippen molar-refractivity contribution in [2.45, 2.75) is 19.8 Å². The standard InChI is InChI=1S/C13H15NO/c1-9(2)13-11-5-4-6-12(15-3)10(11)7-8-14-13/h4-9H,1-3H3. The van der Waals surface area contributed by atoms with Crippen molar-refractivity contribution in [1.82, 2.24) is 4.98 Å². The van der Waals surface area contributed by atoms with Gasteiger partial charge in [0, 0.05) is 17.0 Å². The number of rotatable bonds is 2. The van der Waals surface area contributed by atoms with Gasteiger partial charge in [-0.25, -0.2) is 0 Å². The van der Waals surface area contributed by atoms with Gasteiger partial charge in [-0.15, -0.1) is 0 Å². The van der Waals surface area contributed by atoms with Crippen LogP contribution in [0.4, 0.5) is 0 Å². The van der Waals surface area contributed by atoms with E-state index in [-0.39, 0.29) is 0 Å². The highest BCUT2D eigenvalue weighted by Gasteiger charge is 2.08. The van der Waals surface area contributed by atoms with Gasteiger partial charge in [0.25, 0.3) is 0 Å². The molecule has 2 aromatic rings. The minimum absolute atomic E-state index is 0.431. The summed E-state index contributed by atoms with van der Waals surface area (Å²) in [5.74, 6) is 1.35. The number of hydrogen-bond acceptors (Lipinski definition) is 2. The van der Waals surface area contributed by atoms with Crippen molar-refractivity contribution in [1.29, 1.82) is 0 Å². The molecule has 0 amide bonds. The van der Waals surface area contributed by atoms with Crippen LogP contribution >= 0.6 is 0 Å². The Morgan fingerprint density at radius 1 is 1.13 bits per heavy atom. The van der Waals surface area contributed by atoms with Gasteiger partial charge in [-0.2, -0.15) is 0 Å². The third-order valence-electron chi connectivity index (χ3n) is 2.56. The molecule has 0 unspecified atom stereocenters. The maximum absolute atomic E-state index is 5.33. The van der Waals surface area contributed by atoms with Crippen LogP contribution in [-0.4, -0.2) is 12.1 Å². The Balaban J connectivity index is 2.76. The van der Waals surface area contributed by atoms with Crippen molar-refractivity contribution >= 4 is 10.8 Å². The lowest BCUT2D eigenvalue weighted by atomic mass is 10.0. The van der Waals surface area contributed by atoms with Crippen LogP contribution in [-0.2, 0) is 0 Å². The molecule has 0 fully saturated rings. The molecule has 1 aromatic heterocycles. The van der Waals surface area contributed by atoms with Crippen LogP contribution in [0, 0.1) is 0 Å². The van der Waals surface area contributed by atoms with Gasteiger partial charge in [-0.05, 0) is 18.1 Å². The molecular formula is C13H15NO. The van der Waals surface area contributed by atoms with Gasteiger partial charge in [0.05, 0.1) is 12.8 Å². The normalized spacial score (nSPS) is 10.9. The van der Waals surface area contributed by atoms with E-state index in [1.54, 1.807) is 7.11 Å². The van der Waals surface area contributed by atoms with Crippen LogP contribution in [0.25, 0.3) is 10.8 Å². The number of nitrogens with zero attached hydrogens (tertiary/aromatic N) is 1. The molecule has 0 N–H and O–H groups in total. The van der Waals surface area contributed by atoms with E-state index in [0.717, 1.165) is 16.8 Å². The fourth-order valence-electron chi connectivity index (χ4n) is 1.84. The molecule has 0 bridgehead atoms. The van der Waals surface area contributed by atoms with Crippen molar-refractivity contribution in [3.8, 4) is 5.75 Å². The lowest BCUT2D eigenvalue weighted by Gasteiger charge is -2.10. The third-order valence-corrected chi connectivity index (χ3v) is 2.56. The van der Waals surface area contributed by atoms with Crippen LogP contribution in [0.1, 0.15) is 25.5 Å². The summed E-state index contributed by atoms with van der Waals surface area (Å²) in [6.07, 6.45) is 1.85. The summed E-state index contributed by atoms with van der Waals surface area (Å²) in [5.41, 5.74) is 1.13. The second kappa shape index (κ2) is 3.89. The average Bonchev–Trinajstić information content (AvgIpc) is 2.27. The van der Waals surface area contributed by atoms with E-state index in [1.807, 2.05) is 24.4 Å². The lowest BCUT2D eigenvalue weighted by Crippen LogP contribution is -1.94. The largest absolute Gasteiger partial charge is 0.496 e. The molecule has 0 aliphatic heterocycles. The maximum atomic E-state index is 5.33. The van der Waals surface area contributed by atoms with E-state index in [9.17, 15) is 0 Å². The summed E-state index contributed by atoms with van der Waals surface area (Å²) in [4.78, 5) is 4.43. The van der Waals surface area contributed by atoms with E-state index in [1.165, 1.54) is 5.39 Å². The molecule has 2 nitrogen and oxygen atoms in total. The fraction of sp³-hybridized carbons (Fsp3) is 0.308. The number of pyridine rings is 1. The number of benzene rings is 1. The van der Waals surface area contributed by atoms with E-state index in [4.69, 9.17) is 4.74 Å². The third kappa shape index (κ3) is 1.67. The molecule has 0 spiro atoms. The molecule has 0 atom stereocenters. The Kier molecular flexibility index (Phi) is 2.58. The van der Waals surface area contributed by atoms with Gasteiger partial charge in [-0.1, -0.05) is 26.0 Å². The number of hydrogen-bond donors (Lipinski definition) is 0. The maximum Gasteiger partial charge on any atom is 0.126 e. The highest BCUT2D eigenvalue weighted by molar-refractivity contribution is 5.90. The summed E-state index contributed by atoms with van der Waals surface area (Å²) in [7, 11) is 1.70. The van der Waals surface area contributed by atoms with Gasteiger partial charge >= 0.3 is 0 Å². The van der Waals surface area contributed by atoms with Crippen LogP contribution < -0.4 is 4.74 Å². The first-order valence-corrected chi connectivity index (χ1v) is 5.15. The molecule has 78 valence electrons. The van der Waals surface area contributed by atoms with Crippen molar-refractivity contribution in [2.24, 2.45) is 0 Å². The van der Waals surface area contributed by atoms with E-state index < -0.39 is 0 Å². The minimum Gasteiger partial charge on any atom is -0.496 e. The molecule has 2 rings (SSSR count). The van der Waals surface area contributed by atoms with Crippen LogP contribution in [0.2, 0.25) is 0 Å². The molecule has 0 radical (unpaired) electrons. The number of aromatic nitrogens is 1. The number of fused-ring (bicyclic) bond motifs is 1. The Bertz CT molecular complexity index is 477. The molecule has 0 aliphatic rings. The van der Waals surface area contributed by atoms with Crippen molar-refractivity contribution in [2.75, 3.05) is 7.11 Å². The summed E-state index contributed by atoms with van der Waals surface area (Å²) in [6, 6.07) is 8.08. The average molecular weight is 201 g/mol. The monoisotopic (exact) mass is 201 g/mol. The SMILES string of the molecule is COc1cccc2c(C(C)C)nccc12. The smallest absolute Gasteiger partial charge is 0.126 e. The predicted molar refractivity (Wildman–Crippen MR) is 62.4 cm³/mol. The summed E-state index contributed by atoms with van der Waals surface area (Å²) in [5, 5.41) is 2.32. The summed E-state index contributed by atoms with van der Waals surface area (Å²) >= 11 is 0. The summed E-state index contributed by atoms with van der Waals surface area (Å²) < 4.78 is 5.33. The molecule has 0 saturated carbocycles. The van der Waals surface area contributed by atoms with Gasteiger partial charge < -0.3 is 4.74 Å². The fourth-order valence-corrected chi connectivity index (χ4v) is 1.84. The zero-order valence-corrected chi connectivity index (χ0v) is 9.32. The first-order chi connectivity index (χ1) is 7.24. The number of methoxy groups -OCH3 is 1. The topological polar surface area (TPSA) is 22.1 Å². The molecule has 0 saturated heterocycles. The zero-order chi connectivity index (χ0) is 10.8. The van der Waals surface area contributed by atoms with Gasteiger partial charge in [-0.3, -0.25) is 4.98 Å². The molecule has 1 heterocycles. The Labute approximate surface area is 89.9 Å². The van der Waals surface area contributed by atoms with Crippen molar-refractivity contribution in [3.63, 3.8) is 0 Å². The Morgan fingerprint density at radius 2 is 1.93 bits per heavy atom. The van der Waals surface area contributed by atoms with E-state index in [0.29, 0.717) is 5.92 Å². The number of ether oxygens (including phenoxy) is 1. The molecule has 1 aromatic carbocycles. The quantitative estimate of drug-likeness (QED) is 0.743. The molecule has 0 aliphatic carbocycles. The molecule has 15 heavy (non-hydrogen) atoms. The summed E-state index contributed by atoms with van der Waals surface area (Å²) in [6.45, 7) is 4.31. The Hall–Kier alpha value is -1.57. The van der Waals surface area contributed by atoms with Crippen LogP contribution in [0.15, 0.2) is 30.5 Å². The van der Waals surface area contributed by atoms with E-state index in [2.05, 4.69) is 24.9 Å². The highest BCUT2D eigenvalue weighted by atomic mass is 16.5. The Morgan fingerprint density at radius 3 is 2.60 bits per heavy atom. The van der Waals surface area contributed by atoms with Gasteiger partial charge in [0.15, 0.2) is 0 Å². The van der Waals surface area contributed by atoms with Gasteiger partial charge in [0.2, 0.25) is 0 Å². The molecule has 2 heteroatoms. The van der Waals surface area contributed by atoms with Crippen molar-refractivity contribution in [3.05, 3.63) is 36.2 Å². The highest BCUT2D eigenvalue weighted by Crippen LogP contribution is 2.29. The van der Waals surface area contributed by atoms with Crippen molar-refractivity contribution < 1.29 is 4.74 Å². The van der Waals surface area contributed by atoms with Crippen LogP contribution in [0.5, 0.6) is 5.75 Å². The predicted octanol–water partition coefficient (Wildman–Crippen LogP) is 3.37. The van der Waals surface area contributed by atoms with E-state index >= 15 is 0 Å². The molecular weight excluding hydrogens is 186 g/mol. The second-order valence-electron chi connectivity index (χ2n) is 3.91. The first-order valence-electron chi connectivity index (χ1n) is 5.15. The minimum atomic E-state index is 0.431. The zero-order valence-electron chi connectivity index (χ0n) is 9.32. The lowest BCUT2D eigenvalue weighted by molar-refractivity contribution is 0.420. The second-order valence-corrected chi connectivity index (χ2v) is 3.91. The van der Waals surface area contributed by atoms with Gasteiger partial charge in [0.1, 0.15) is 5.75 Å².